The van der Waals surface area contributed by atoms with Crippen LogP contribution in [0, 0.1) is 0 Å². The molecule has 0 saturated carbocycles. The molecule has 0 saturated heterocycles. The molecule has 0 heterocycles. The van der Waals surface area contributed by atoms with Gasteiger partial charge < -0.3 is 25.4 Å². The number of rotatable bonds is 5. The van der Waals surface area contributed by atoms with Gasteiger partial charge in [-0.1, -0.05) is 6.07 Å². The molecule has 0 aromatic heterocycles. The predicted octanol–water partition coefficient (Wildman–Crippen LogP) is 0.635. The monoisotopic (exact) mass is 309 g/mol. The molecule has 5 nitrogen and oxygen atoms in total. The summed E-state index contributed by atoms with van der Waals surface area (Å²) in [6, 6.07) is 5.64. The summed E-state index contributed by atoms with van der Waals surface area (Å²) in [5.74, 6) is 0.678. The molecule has 1 aliphatic carbocycles. The van der Waals surface area contributed by atoms with Crippen molar-refractivity contribution in [2.45, 2.75) is 57.5 Å². The second-order valence-corrected chi connectivity index (χ2v) is 7.07. The third-order valence-corrected chi connectivity index (χ3v) is 3.79. The SMILES string of the molecule is CC(C)(C)NC[C@@H](O)COc1ccc2c(c1)C[C@H](O)[C@H](O)C2. The molecule has 1 aliphatic rings. The summed E-state index contributed by atoms with van der Waals surface area (Å²) in [7, 11) is 0. The van der Waals surface area contributed by atoms with Crippen LogP contribution in [0.2, 0.25) is 0 Å². The zero-order valence-corrected chi connectivity index (χ0v) is 13.5. The van der Waals surface area contributed by atoms with Crippen LogP contribution in [-0.4, -0.2) is 52.3 Å². The van der Waals surface area contributed by atoms with Crippen LogP contribution >= 0.6 is 0 Å². The fourth-order valence-electron chi connectivity index (χ4n) is 2.48. The van der Waals surface area contributed by atoms with E-state index in [1.807, 2.05) is 39.0 Å². The maximum absolute atomic E-state index is 9.93. The highest BCUT2D eigenvalue weighted by atomic mass is 16.5. The zero-order chi connectivity index (χ0) is 16.3. The summed E-state index contributed by atoms with van der Waals surface area (Å²) in [4.78, 5) is 0. The maximum Gasteiger partial charge on any atom is 0.119 e. The van der Waals surface area contributed by atoms with Crippen molar-refractivity contribution in [2.24, 2.45) is 0 Å². The van der Waals surface area contributed by atoms with Crippen molar-refractivity contribution >= 4 is 0 Å². The Bertz CT molecular complexity index is 498. The van der Waals surface area contributed by atoms with Crippen LogP contribution in [0.5, 0.6) is 5.75 Å². The third-order valence-electron chi connectivity index (χ3n) is 3.79. The number of hydrogen-bond acceptors (Lipinski definition) is 5. The smallest absolute Gasteiger partial charge is 0.119 e. The number of benzene rings is 1. The Morgan fingerprint density at radius 2 is 1.82 bits per heavy atom. The number of fused-ring (bicyclic) bond motifs is 1. The first-order chi connectivity index (χ1) is 10.2. The molecule has 0 radical (unpaired) electrons. The van der Waals surface area contributed by atoms with Gasteiger partial charge in [-0.15, -0.1) is 0 Å². The van der Waals surface area contributed by atoms with E-state index in [2.05, 4.69) is 5.32 Å². The molecule has 5 heteroatoms. The lowest BCUT2D eigenvalue weighted by atomic mass is 9.88. The van der Waals surface area contributed by atoms with Gasteiger partial charge in [-0.2, -0.15) is 0 Å². The molecular formula is C17H27NO4. The molecule has 22 heavy (non-hydrogen) atoms. The summed E-state index contributed by atoms with van der Waals surface area (Å²) in [5, 5.41) is 32.6. The predicted molar refractivity (Wildman–Crippen MR) is 85.1 cm³/mol. The van der Waals surface area contributed by atoms with Crippen LogP contribution in [-0.2, 0) is 12.8 Å². The fraction of sp³-hybridized carbons (Fsp3) is 0.647. The lowest BCUT2D eigenvalue weighted by molar-refractivity contribution is 0.0140. The number of ether oxygens (including phenoxy) is 1. The highest BCUT2D eigenvalue weighted by Crippen LogP contribution is 2.26. The van der Waals surface area contributed by atoms with Crippen molar-refractivity contribution in [3.8, 4) is 5.75 Å². The molecule has 0 fully saturated rings. The summed E-state index contributed by atoms with van der Waals surface area (Å²) in [6.45, 7) is 6.82. The Hall–Kier alpha value is -1.14. The van der Waals surface area contributed by atoms with E-state index < -0.39 is 18.3 Å². The van der Waals surface area contributed by atoms with Crippen LogP contribution in [0.25, 0.3) is 0 Å². The normalized spacial score (nSPS) is 23.0. The number of aliphatic hydroxyl groups is 3. The maximum atomic E-state index is 9.93. The van der Waals surface area contributed by atoms with Crippen molar-refractivity contribution in [3.63, 3.8) is 0 Å². The molecular weight excluding hydrogens is 282 g/mol. The Morgan fingerprint density at radius 1 is 1.18 bits per heavy atom. The highest BCUT2D eigenvalue weighted by molar-refractivity contribution is 5.38. The molecule has 0 aliphatic heterocycles. The molecule has 0 amide bonds. The number of aliphatic hydroxyl groups excluding tert-OH is 3. The highest BCUT2D eigenvalue weighted by Gasteiger charge is 2.25. The van der Waals surface area contributed by atoms with Gasteiger partial charge in [0.25, 0.3) is 0 Å². The lowest BCUT2D eigenvalue weighted by Gasteiger charge is -2.26. The average molecular weight is 309 g/mol. The Labute approximate surface area is 131 Å². The Kier molecular flexibility index (Phi) is 5.45. The summed E-state index contributed by atoms with van der Waals surface area (Å²) >= 11 is 0. The number of hydrogen-bond donors (Lipinski definition) is 4. The summed E-state index contributed by atoms with van der Waals surface area (Å²) < 4.78 is 5.63. The van der Waals surface area contributed by atoms with Crippen molar-refractivity contribution in [2.75, 3.05) is 13.2 Å². The fourth-order valence-corrected chi connectivity index (χ4v) is 2.48. The molecule has 1 aromatic rings. The van der Waals surface area contributed by atoms with E-state index >= 15 is 0 Å². The van der Waals surface area contributed by atoms with Crippen molar-refractivity contribution < 1.29 is 20.1 Å². The van der Waals surface area contributed by atoms with Gasteiger partial charge in [-0.3, -0.25) is 0 Å². The van der Waals surface area contributed by atoms with Gasteiger partial charge in [0.1, 0.15) is 18.5 Å². The number of β-amino-alcohol motifs (C(OH)–C–C–N with tert-alkyl or cyclic N) is 1. The largest absolute Gasteiger partial charge is 0.491 e. The van der Waals surface area contributed by atoms with Gasteiger partial charge in [0.05, 0.1) is 12.2 Å². The van der Waals surface area contributed by atoms with Crippen molar-refractivity contribution in [1.29, 1.82) is 0 Å². The van der Waals surface area contributed by atoms with Crippen LogP contribution in [0.15, 0.2) is 18.2 Å². The van der Waals surface area contributed by atoms with Crippen molar-refractivity contribution in [1.82, 2.24) is 5.32 Å². The quantitative estimate of drug-likeness (QED) is 0.641. The summed E-state index contributed by atoms with van der Waals surface area (Å²) in [5.41, 5.74) is 2.00. The minimum Gasteiger partial charge on any atom is -0.491 e. The van der Waals surface area contributed by atoms with Gasteiger partial charge in [0.15, 0.2) is 0 Å². The van der Waals surface area contributed by atoms with E-state index in [-0.39, 0.29) is 12.1 Å². The van der Waals surface area contributed by atoms with Crippen LogP contribution in [0.3, 0.4) is 0 Å². The first kappa shape index (κ1) is 17.2. The van der Waals surface area contributed by atoms with E-state index in [1.165, 1.54) is 0 Å². The average Bonchev–Trinajstić information content (AvgIpc) is 2.43. The first-order valence-electron chi connectivity index (χ1n) is 7.78. The zero-order valence-electron chi connectivity index (χ0n) is 13.5. The molecule has 3 atom stereocenters. The molecule has 0 bridgehead atoms. The minimum atomic E-state index is -0.718. The Morgan fingerprint density at radius 3 is 2.45 bits per heavy atom. The molecule has 1 aromatic carbocycles. The van der Waals surface area contributed by atoms with E-state index in [0.29, 0.717) is 25.1 Å². The van der Waals surface area contributed by atoms with Gasteiger partial charge in [0.2, 0.25) is 0 Å². The van der Waals surface area contributed by atoms with Crippen LogP contribution in [0.1, 0.15) is 31.9 Å². The molecule has 0 unspecified atom stereocenters. The molecule has 2 rings (SSSR count). The molecule has 0 spiro atoms. The molecule has 124 valence electrons. The standard InChI is InChI=1S/C17H27NO4/c1-17(2,3)18-9-13(19)10-22-14-5-4-11-7-15(20)16(21)8-12(11)6-14/h4-6,13,15-16,18-21H,7-10H2,1-3H3/t13-,15-,16+/m1/s1. The van der Waals surface area contributed by atoms with Gasteiger partial charge in [-0.25, -0.2) is 0 Å². The lowest BCUT2D eigenvalue weighted by Crippen LogP contribution is -2.42. The van der Waals surface area contributed by atoms with Gasteiger partial charge in [0, 0.05) is 24.9 Å². The van der Waals surface area contributed by atoms with Crippen LogP contribution in [0.4, 0.5) is 0 Å². The van der Waals surface area contributed by atoms with Gasteiger partial charge >= 0.3 is 0 Å². The van der Waals surface area contributed by atoms with Crippen LogP contribution < -0.4 is 10.1 Å². The topological polar surface area (TPSA) is 82.0 Å². The van der Waals surface area contributed by atoms with Gasteiger partial charge in [-0.05, 0) is 44.0 Å². The number of nitrogens with one attached hydrogen (secondary N) is 1. The van der Waals surface area contributed by atoms with Crippen molar-refractivity contribution in [3.05, 3.63) is 29.3 Å². The first-order valence-corrected chi connectivity index (χ1v) is 7.78. The second kappa shape index (κ2) is 6.96. The van der Waals surface area contributed by atoms with E-state index in [0.717, 1.165) is 11.1 Å². The Balaban J connectivity index is 1.88. The molecule has 4 N–H and O–H groups in total. The third kappa shape index (κ3) is 4.95. The second-order valence-electron chi connectivity index (χ2n) is 7.07. The minimum absolute atomic E-state index is 0.0379. The van der Waals surface area contributed by atoms with E-state index in [9.17, 15) is 15.3 Å². The van der Waals surface area contributed by atoms with E-state index in [4.69, 9.17) is 4.74 Å². The summed E-state index contributed by atoms with van der Waals surface area (Å²) in [6.07, 6.45) is -1.09. The van der Waals surface area contributed by atoms with E-state index in [1.54, 1.807) is 0 Å².